The Morgan fingerprint density at radius 3 is 2.60 bits per heavy atom. The summed E-state index contributed by atoms with van der Waals surface area (Å²) in [6.45, 7) is 0.398. The second-order valence-corrected chi connectivity index (χ2v) is 8.64. The third-order valence-electron chi connectivity index (χ3n) is 7.05. The van der Waals surface area contributed by atoms with E-state index in [9.17, 15) is 14.7 Å². The summed E-state index contributed by atoms with van der Waals surface area (Å²) in [5.41, 5.74) is 2.45. The van der Waals surface area contributed by atoms with Gasteiger partial charge in [-0.1, -0.05) is 37.5 Å². The van der Waals surface area contributed by atoms with Crippen molar-refractivity contribution in [2.24, 2.45) is 5.92 Å². The van der Waals surface area contributed by atoms with Crippen LogP contribution in [0.1, 0.15) is 53.9 Å². The molecule has 6 heteroatoms. The smallest absolute Gasteiger partial charge is 0.259 e. The third-order valence-corrected chi connectivity index (χ3v) is 7.05. The number of carbonyl (C=O) groups excluding carboxylic acids is 2. The van der Waals surface area contributed by atoms with Gasteiger partial charge in [0.25, 0.3) is 5.91 Å². The molecule has 1 saturated carbocycles. The van der Waals surface area contributed by atoms with Crippen molar-refractivity contribution in [3.05, 3.63) is 59.9 Å². The van der Waals surface area contributed by atoms with Gasteiger partial charge in [-0.05, 0) is 36.6 Å². The van der Waals surface area contributed by atoms with Crippen molar-refractivity contribution >= 4 is 17.5 Å². The number of fused-ring (bicyclic) bond motifs is 3. The second kappa shape index (κ2) is 7.84. The minimum atomic E-state index is -0.207. The van der Waals surface area contributed by atoms with Crippen LogP contribution in [0.4, 0.5) is 5.69 Å². The number of benzene rings is 1. The van der Waals surface area contributed by atoms with Gasteiger partial charge in [0, 0.05) is 36.5 Å². The number of rotatable bonds is 3. The van der Waals surface area contributed by atoms with Crippen molar-refractivity contribution in [3.63, 3.8) is 0 Å². The number of aliphatic hydroxyl groups excluding tert-OH is 1. The van der Waals surface area contributed by atoms with E-state index >= 15 is 0 Å². The Kier molecular flexibility index (Phi) is 5.03. The van der Waals surface area contributed by atoms with Crippen molar-refractivity contribution in [1.29, 1.82) is 0 Å². The molecule has 2 aromatic rings. The predicted molar refractivity (Wildman–Crippen MR) is 113 cm³/mol. The van der Waals surface area contributed by atoms with Gasteiger partial charge in [0.05, 0.1) is 24.3 Å². The largest absolute Gasteiger partial charge is 0.394 e. The summed E-state index contributed by atoms with van der Waals surface area (Å²) >= 11 is 0. The highest BCUT2D eigenvalue weighted by molar-refractivity contribution is 6.07. The van der Waals surface area contributed by atoms with E-state index < -0.39 is 0 Å². The molecule has 6 nitrogen and oxygen atoms in total. The molecular formula is C24H27N3O3. The number of amides is 2. The van der Waals surface area contributed by atoms with Crippen LogP contribution in [0.2, 0.25) is 0 Å². The monoisotopic (exact) mass is 405 g/mol. The lowest BCUT2D eigenvalue weighted by atomic mass is 9.70. The number of hydrogen-bond donors (Lipinski definition) is 1. The lowest BCUT2D eigenvalue weighted by Gasteiger charge is -2.59. The van der Waals surface area contributed by atoms with Gasteiger partial charge in [-0.25, -0.2) is 0 Å². The van der Waals surface area contributed by atoms with Crippen LogP contribution in [0, 0.1) is 5.92 Å². The molecule has 1 aromatic heterocycles. The van der Waals surface area contributed by atoms with E-state index in [1.807, 2.05) is 29.2 Å². The highest BCUT2D eigenvalue weighted by Gasteiger charge is 2.56. The highest BCUT2D eigenvalue weighted by atomic mass is 16.3. The first kappa shape index (κ1) is 19.2. The van der Waals surface area contributed by atoms with Crippen LogP contribution >= 0.6 is 0 Å². The van der Waals surface area contributed by atoms with Gasteiger partial charge in [0.15, 0.2) is 0 Å². The van der Waals surface area contributed by atoms with Crippen LogP contribution in [0.15, 0.2) is 48.8 Å². The third kappa shape index (κ3) is 3.01. The van der Waals surface area contributed by atoms with Gasteiger partial charge in [-0.2, -0.15) is 0 Å². The van der Waals surface area contributed by atoms with Crippen molar-refractivity contribution in [2.75, 3.05) is 18.1 Å². The molecule has 3 heterocycles. The minimum Gasteiger partial charge on any atom is -0.394 e. The fourth-order valence-corrected chi connectivity index (χ4v) is 5.59. The molecule has 1 aromatic carbocycles. The average molecular weight is 405 g/mol. The fraction of sp³-hybridized carbons (Fsp3) is 0.458. The summed E-state index contributed by atoms with van der Waals surface area (Å²) in [7, 11) is 0. The summed E-state index contributed by atoms with van der Waals surface area (Å²) in [4.78, 5) is 34.4. The standard InChI is InChI=1S/C24H27N3O3/c28-15-21-22-18-10-4-5-11-19(18)26(23(29)17-9-6-12-25-13-17)14-20(22)27(21)24(30)16-7-2-1-3-8-16/h4-6,9-13,16,20-22,28H,1-3,7-8,14-15H2/t20-,21-,22+/m0/s1. The predicted octanol–water partition coefficient (Wildman–Crippen LogP) is 2.98. The average Bonchev–Trinajstić information content (AvgIpc) is 2.80. The Morgan fingerprint density at radius 2 is 1.87 bits per heavy atom. The molecule has 2 amide bonds. The SMILES string of the molecule is O=C(c1cccnc1)N1C[C@H]2[C@@H](c3ccccc31)[C@H](CO)N2C(=O)C1CCCCC1. The molecule has 156 valence electrons. The number of anilines is 1. The summed E-state index contributed by atoms with van der Waals surface area (Å²) in [5.74, 6) is 0.166. The van der Waals surface area contributed by atoms with Gasteiger partial charge in [-0.15, -0.1) is 0 Å². The van der Waals surface area contributed by atoms with E-state index in [1.165, 1.54) is 6.42 Å². The van der Waals surface area contributed by atoms with Crippen molar-refractivity contribution < 1.29 is 14.7 Å². The molecular weight excluding hydrogens is 378 g/mol. The van der Waals surface area contributed by atoms with Gasteiger partial charge in [0.2, 0.25) is 5.91 Å². The van der Waals surface area contributed by atoms with Crippen LogP contribution in [-0.4, -0.2) is 52.0 Å². The van der Waals surface area contributed by atoms with Gasteiger partial charge in [0.1, 0.15) is 0 Å². The molecule has 30 heavy (non-hydrogen) atoms. The number of para-hydroxylation sites is 1. The van der Waals surface area contributed by atoms with E-state index in [2.05, 4.69) is 4.98 Å². The molecule has 1 aliphatic carbocycles. The summed E-state index contributed by atoms with van der Waals surface area (Å²) in [5, 5.41) is 10.1. The molecule has 2 aliphatic heterocycles. The number of likely N-dealkylation sites (tertiary alicyclic amines) is 1. The Balaban J connectivity index is 1.49. The van der Waals surface area contributed by atoms with E-state index in [-0.39, 0.29) is 42.3 Å². The number of nitrogens with zero attached hydrogens (tertiary/aromatic N) is 3. The maximum absolute atomic E-state index is 13.4. The van der Waals surface area contributed by atoms with Crippen LogP contribution in [-0.2, 0) is 4.79 Å². The zero-order valence-corrected chi connectivity index (χ0v) is 17.0. The lowest BCUT2D eigenvalue weighted by molar-refractivity contribution is -0.156. The highest BCUT2D eigenvalue weighted by Crippen LogP contribution is 2.49. The molecule has 5 rings (SSSR count). The lowest BCUT2D eigenvalue weighted by Crippen LogP contribution is -2.71. The summed E-state index contributed by atoms with van der Waals surface area (Å²) in [6, 6.07) is 11.1. The number of aromatic nitrogens is 1. The van der Waals surface area contributed by atoms with E-state index in [4.69, 9.17) is 0 Å². The van der Waals surface area contributed by atoms with Crippen molar-refractivity contribution in [2.45, 2.75) is 50.1 Å². The summed E-state index contributed by atoms with van der Waals surface area (Å²) < 4.78 is 0. The first-order valence-electron chi connectivity index (χ1n) is 10.9. The van der Waals surface area contributed by atoms with E-state index in [1.54, 1.807) is 29.4 Å². The van der Waals surface area contributed by atoms with Crippen molar-refractivity contribution in [1.82, 2.24) is 9.88 Å². The first-order chi connectivity index (χ1) is 14.7. The van der Waals surface area contributed by atoms with Gasteiger partial charge < -0.3 is 14.9 Å². The quantitative estimate of drug-likeness (QED) is 0.852. The molecule has 0 bridgehead atoms. The zero-order valence-electron chi connectivity index (χ0n) is 17.0. The van der Waals surface area contributed by atoms with Crippen molar-refractivity contribution in [3.8, 4) is 0 Å². The van der Waals surface area contributed by atoms with Crippen LogP contribution in [0.3, 0.4) is 0 Å². The molecule has 1 saturated heterocycles. The van der Waals surface area contributed by atoms with Crippen LogP contribution in [0.25, 0.3) is 0 Å². The molecule has 1 N–H and O–H groups in total. The minimum absolute atomic E-state index is 0.0494. The molecule has 3 atom stereocenters. The number of aliphatic hydroxyl groups is 1. The molecule has 0 unspecified atom stereocenters. The van der Waals surface area contributed by atoms with Crippen LogP contribution < -0.4 is 4.90 Å². The van der Waals surface area contributed by atoms with Gasteiger partial charge in [-0.3, -0.25) is 14.6 Å². The topological polar surface area (TPSA) is 73.7 Å². The zero-order chi connectivity index (χ0) is 20.7. The second-order valence-electron chi connectivity index (χ2n) is 8.64. The Bertz CT molecular complexity index is 942. The maximum Gasteiger partial charge on any atom is 0.259 e. The van der Waals surface area contributed by atoms with E-state index in [0.717, 1.165) is 36.9 Å². The molecule has 2 fully saturated rings. The van der Waals surface area contributed by atoms with Crippen LogP contribution in [0.5, 0.6) is 0 Å². The van der Waals surface area contributed by atoms with Gasteiger partial charge >= 0.3 is 0 Å². The summed E-state index contributed by atoms with van der Waals surface area (Å²) in [6.07, 6.45) is 8.48. The number of carbonyl (C=O) groups is 2. The number of pyridine rings is 1. The van der Waals surface area contributed by atoms with E-state index in [0.29, 0.717) is 12.1 Å². The molecule has 0 radical (unpaired) electrons. The molecule has 3 aliphatic rings. The Morgan fingerprint density at radius 1 is 1.07 bits per heavy atom. The Hall–Kier alpha value is -2.73. The molecule has 0 spiro atoms. The maximum atomic E-state index is 13.4. The number of hydrogen-bond acceptors (Lipinski definition) is 4. The first-order valence-corrected chi connectivity index (χ1v) is 10.9. The Labute approximate surface area is 176 Å². The fourth-order valence-electron chi connectivity index (χ4n) is 5.59. The normalized spacial score (nSPS) is 25.8.